The average molecular weight is 200 g/mol. The van der Waals surface area contributed by atoms with Crippen LogP contribution in [0.15, 0.2) is 0 Å². The van der Waals surface area contributed by atoms with Gasteiger partial charge in [-0.25, -0.2) is 0 Å². The van der Waals surface area contributed by atoms with Crippen LogP contribution < -0.4 is 11.1 Å². The minimum absolute atomic E-state index is 0.263. The first-order chi connectivity index (χ1) is 6.74. The van der Waals surface area contributed by atoms with Crippen LogP contribution in [0.25, 0.3) is 0 Å². The molecule has 0 aromatic carbocycles. The van der Waals surface area contributed by atoms with Crippen molar-refractivity contribution in [1.29, 1.82) is 0 Å². The molecule has 4 nitrogen and oxygen atoms in total. The lowest BCUT2D eigenvalue weighted by Gasteiger charge is -2.17. The van der Waals surface area contributed by atoms with Crippen molar-refractivity contribution in [3.63, 3.8) is 0 Å². The Morgan fingerprint density at radius 3 is 2.93 bits per heavy atom. The van der Waals surface area contributed by atoms with E-state index in [1.807, 2.05) is 0 Å². The predicted molar refractivity (Wildman–Crippen MR) is 55.0 cm³/mol. The highest BCUT2D eigenvalue weighted by molar-refractivity contribution is 5.70. The molecule has 1 fully saturated rings. The Morgan fingerprint density at radius 2 is 2.29 bits per heavy atom. The fourth-order valence-corrected chi connectivity index (χ4v) is 2.03. The second-order valence-electron chi connectivity index (χ2n) is 4.05. The Balaban J connectivity index is 2.35. The summed E-state index contributed by atoms with van der Waals surface area (Å²) < 4.78 is 0. The van der Waals surface area contributed by atoms with E-state index in [-0.39, 0.29) is 12.5 Å². The molecule has 2 atom stereocenters. The van der Waals surface area contributed by atoms with E-state index in [1.54, 1.807) is 0 Å². The number of aliphatic carboxylic acids is 1. The molecule has 1 heterocycles. The first-order valence-electron chi connectivity index (χ1n) is 5.37. The molecule has 4 heteroatoms. The maximum Gasteiger partial charge on any atom is 0.307 e. The van der Waals surface area contributed by atoms with E-state index in [0.29, 0.717) is 5.92 Å². The van der Waals surface area contributed by atoms with E-state index in [4.69, 9.17) is 10.8 Å². The SMILES string of the molecule is NCC(CC1CCCNCC1)C(=O)O. The number of carboxylic acids is 1. The number of hydrogen-bond donors (Lipinski definition) is 3. The van der Waals surface area contributed by atoms with Gasteiger partial charge in [0.1, 0.15) is 0 Å². The molecule has 0 amide bonds. The molecule has 1 aliphatic heterocycles. The lowest BCUT2D eigenvalue weighted by atomic mass is 9.89. The van der Waals surface area contributed by atoms with E-state index < -0.39 is 5.97 Å². The fraction of sp³-hybridized carbons (Fsp3) is 0.900. The van der Waals surface area contributed by atoms with Crippen molar-refractivity contribution in [2.24, 2.45) is 17.6 Å². The molecule has 0 spiro atoms. The van der Waals surface area contributed by atoms with Crippen molar-refractivity contribution in [2.75, 3.05) is 19.6 Å². The third-order valence-corrected chi connectivity index (χ3v) is 2.95. The minimum atomic E-state index is -0.746. The molecule has 1 aliphatic rings. The normalized spacial score (nSPS) is 25.4. The van der Waals surface area contributed by atoms with E-state index in [0.717, 1.165) is 38.8 Å². The van der Waals surface area contributed by atoms with Crippen LogP contribution in [0.3, 0.4) is 0 Å². The first kappa shape index (κ1) is 11.5. The molecular weight excluding hydrogens is 180 g/mol. The molecule has 0 aliphatic carbocycles. The maximum absolute atomic E-state index is 10.8. The molecule has 14 heavy (non-hydrogen) atoms. The summed E-state index contributed by atoms with van der Waals surface area (Å²) in [6.07, 6.45) is 4.12. The lowest BCUT2D eigenvalue weighted by Crippen LogP contribution is -2.26. The van der Waals surface area contributed by atoms with E-state index in [9.17, 15) is 4.79 Å². The average Bonchev–Trinajstić information content (AvgIpc) is 2.41. The highest BCUT2D eigenvalue weighted by Crippen LogP contribution is 2.21. The zero-order valence-electron chi connectivity index (χ0n) is 8.54. The first-order valence-corrected chi connectivity index (χ1v) is 5.37. The number of nitrogens with two attached hydrogens (primary N) is 1. The van der Waals surface area contributed by atoms with Crippen molar-refractivity contribution < 1.29 is 9.90 Å². The molecule has 0 radical (unpaired) electrons. The summed E-state index contributed by atoms with van der Waals surface area (Å²) in [7, 11) is 0. The van der Waals surface area contributed by atoms with Gasteiger partial charge in [0, 0.05) is 6.54 Å². The van der Waals surface area contributed by atoms with Gasteiger partial charge < -0.3 is 16.2 Å². The van der Waals surface area contributed by atoms with Crippen molar-refractivity contribution in [2.45, 2.75) is 25.7 Å². The van der Waals surface area contributed by atoms with Crippen molar-refractivity contribution >= 4 is 5.97 Å². The summed E-state index contributed by atoms with van der Waals surface area (Å²) in [5.74, 6) is -0.558. The van der Waals surface area contributed by atoms with Crippen LogP contribution in [-0.4, -0.2) is 30.7 Å². The third kappa shape index (κ3) is 3.64. The Kier molecular flexibility index (Phi) is 4.90. The monoisotopic (exact) mass is 200 g/mol. The van der Waals surface area contributed by atoms with Crippen LogP contribution in [0.1, 0.15) is 25.7 Å². The zero-order chi connectivity index (χ0) is 10.4. The fourth-order valence-electron chi connectivity index (χ4n) is 2.03. The van der Waals surface area contributed by atoms with Crippen LogP contribution in [0, 0.1) is 11.8 Å². The van der Waals surface area contributed by atoms with Gasteiger partial charge in [-0.15, -0.1) is 0 Å². The summed E-state index contributed by atoms with van der Waals surface area (Å²) in [6.45, 7) is 2.34. The van der Waals surface area contributed by atoms with Crippen molar-refractivity contribution in [1.82, 2.24) is 5.32 Å². The summed E-state index contributed by atoms with van der Waals surface area (Å²) in [4.78, 5) is 10.8. The summed E-state index contributed by atoms with van der Waals surface area (Å²) in [6, 6.07) is 0. The van der Waals surface area contributed by atoms with Gasteiger partial charge in [0.15, 0.2) is 0 Å². The van der Waals surface area contributed by atoms with E-state index >= 15 is 0 Å². The third-order valence-electron chi connectivity index (χ3n) is 2.95. The Morgan fingerprint density at radius 1 is 1.50 bits per heavy atom. The standard InChI is InChI=1S/C10H20N2O2/c11-7-9(10(13)14)6-8-2-1-4-12-5-3-8/h8-9,12H,1-7,11H2,(H,13,14). The lowest BCUT2D eigenvalue weighted by molar-refractivity contribution is -0.142. The van der Waals surface area contributed by atoms with Gasteiger partial charge in [-0.1, -0.05) is 0 Å². The maximum atomic E-state index is 10.8. The van der Waals surface area contributed by atoms with E-state index in [1.165, 1.54) is 0 Å². The zero-order valence-corrected chi connectivity index (χ0v) is 8.54. The van der Waals surface area contributed by atoms with E-state index in [2.05, 4.69) is 5.32 Å². The van der Waals surface area contributed by atoms with Gasteiger partial charge in [0.25, 0.3) is 0 Å². The highest BCUT2D eigenvalue weighted by atomic mass is 16.4. The topological polar surface area (TPSA) is 75.3 Å². The number of hydrogen-bond acceptors (Lipinski definition) is 3. The molecule has 1 rings (SSSR count). The molecule has 0 aromatic heterocycles. The van der Waals surface area contributed by atoms with Gasteiger partial charge >= 0.3 is 5.97 Å². The van der Waals surface area contributed by atoms with Crippen LogP contribution in [0.4, 0.5) is 0 Å². The summed E-state index contributed by atoms with van der Waals surface area (Å²) >= 11 is 0. The quantitative estimate of drug-likeness (QED) is 0.615. The molecule has 0 saturated carbocycles. The van der Waals surface area contributed by atoms with Crippen LogP contribution in [-0.2, 0) is 4.79 Å². The van der Waals surface area contributed by atoms with Gasteiger partial charge in [-0.05, 0) is 44.7 Å². The van der Waals surface area contributed by atoms with Crippen LogP contribution >= 0.6 is 0 Å². The highest BCUT2D eigenvalue weighted by Gasteiger charge is 2.21. The molecule has 4 N–H and O–H groups in total. The molecule has 1 saturated heterocycles. The van der Waals surface area contributed by atoms with Gasteiger partial charge in [-0.3, -0.25) is 4.79 Å². The molecule has 2 unspecified atom stereocenters. The van der Waals surface area contributed by atoms with Crippen LogP contribution in [0.5, 0.6) is 0 Å². The minimum Gasteiger partial charge on any atom is -0.481 e. The van der Waals surface area contributed by atoms with Crippen molar-refractivity contribution in [3.05, 3.63) is 0 Å². The van der Waals surface area contributed by atoms with Gasteiger partial charge in [-0.2, -0.15) is 0 Å². The molecular formula is C10H20N2O2. The van der Waals surface area contributed by atoms with Crippen LogP contribution in [0.2, 0.25) is 0 Å². The second kappa shape index (κ2) is 5.98. The summed E-state index contributed by atoms with van der Waals surface area (Å²) in [5.41, 5.74) is 5.43. The Bertz CT molecular complexity index is 177. The van der Waals surface area contributed by atoms with Gasteiger partial charge in [0.2, 0.25) is 0 Å². The second-order valence-corrected chi connectivity index (χ2v) is 4.05. The smallest absolute Gasteiger partial charge is 0.307 e. The largest absolute Gasteiger partial charge is 0.481 e. The Labute approximate surface area is 84.9 Å². The summed E-state index contributed by atoms with van der Waals surface area (Å²) in [5, 5.41) is 12.2. The van der Waals surface area contributed by atoms with Crippen molar-refractivity contribution in [3.8, 4) is 0 Å². The number of carboxylic acid groups (broad SMARTS) is 1. The number of carbonyl (C=O) groups is 1. The number of nitrogens with one attached hydrogen (secondary N) is 1. The molecule has 0 bridgehead atoms. The predicted octanol–water partition coefficient (Wildman–Crippen LogP) is 0.426. The molecule has 82 valence electrons. The Hall–Kier alpha value is -0.610. The number of rotatable bonds is 4. The van der Waals surface area contributed by atoms with Gasteiger partial charge in [0.05, 0.1) is 5.92 Å². The molecule has 0 aromatic rings.